The van der Waals surface area contributed by atoms with Gasteiger partial charge in [-0.3, -0.25) is 9.48 Å². The molecule has 0 atom stereocenters. The summed E-state index contributed by atoms with van der Waals surface area (Å²) in [5.74, 6) is -0.134. The molecule has 4 heteroatoms. The summed E-state index contributed by atoms with van der Waals surface area (Å²) in [5, 5.41) is 4.17. The summed E-state index contributed by atoms with van der Waals surface area (Å²) in [4.78, 5) is 11.3. The average molecular weight is 195 g/mol. The zero-order chi connectivity index (χ0) is 10.9. The van der Waals surface area contributed by atoms with Crippen molar-refractivity contribution in [3.8, 4) is 0 Å². The van der Waals surface area contributed by atoms with Crippen LogP contribution in [0.1, 0.15) is 55.7 Å². The lowest BCUT2D eigenvalue weighted by Crippen LogP contribution is -2.20. The first-order valence-electron chi connectivity index (χ1n) is 4.82. The van der Waals surface area contributed by atoms with E-state index in [9.17, 15) is 4.79 Å². The van der Waals surface area contributed by atoms with E-state index in [1.165, 1.54) is 0 Å². The first-order valence-corrected chi connectivity index (χ1v) is 4.82. The van der Waals surface area contributed by atoms with Gasteiger partial charge in [0.15, 0.2) is 0 Å². The van der Waals surface area contributed by atoms with Crippen LogP contribution < -0.4 is 5.73 Å². The second kappa shape index (κ2) is 3.82. The molecule has 1 aromatic heterocycles. The minimum atomic E-state index is -0.403. The smallest absolute Gasteiger partial charge is 0.267 e. The SMILES string of the molecule is CC(C)c1cnn(C(C)C)c1C(N)=O. The van der Waals surface area contributed by atoms with Crippen LogP contribution in [0, 0.1) is 0 Å². The van der Waals surface area contributed by atoms with Crippen LogP contribution >= 0.6 is 0 Å². The zero-order valence-electron chi connectivity index (χ0n) is 9.11. The highest BCUT2D eigenvalue weighted by atomic mass is 16.1. The molecule has 0 radical (unpaired) electrons. The van der Waals surface area contributed by atoms with Gasteiger partial charge in [0.2, 0.25) is 0 Å². The fourth-order valence-corrected chi connectivity index (χ4v) is 1.44. The Bertz CT molecular complexity index is 314. The lowest BCUT2D eigenvalue weighted by molar-refractivity contribution is 0.0987. The fraction of sp³-hybridized carbons (Fsp3) is 0.600. The molecule has 1 heterocycles. The lowest BCUT2D eigenvalue weighted by atomic mass is 10.0. The second-order valence-corrected chi connectivity index (χ2v) is 4.01. The molecule has 4 nitrogen and oxygen atoms in total. The van der Waals surface area contributed by atoms with Gasteiger partial charge in [0.1, 0.15) is 5.69 Å². The number of amides is 1. The highest BCUT2D eigenvalue weighted by Gasteiger charge is 2.19. The van der Waals surface area contributed by atoms with Crippen molar-refractivity contribution in [2.24, 2.45) is 5.73 Å². The Labute approximate surface area is 84.1 Å². The van der Waals surface area contributed by atoms with Crippen molar-refractivity contribution in [1.82, 2.24) is 9.78 Å². The molecule has 0 aromatic carbocycles. The van der Waals surface area contributed by atoms with Gasteiger partial charge in [0.25, 0.3) is 5.91 Å². The maximum Gasteiger partial charge on any atom is 0.267 e. The molecule has 0 aliphatic carbocycles. The monoisotopic (exact) mass is 195 g/mol. The predicted octanol–water partition coefficient (Wildman–Crippen LogP) is 1.69. The number of nitrogens with two attached hydrogens (primary N) is 1. The van der Waals surface area contributed by atoms with E-state index in [2.05, 4.69) is 5.10 Å². The summed E-state index contributed by atoms with van der Waals surface area (Å²) < 4.78 is 1.68. The van der Waals surface area contributed by atoms with E-state index >= 15 is 0 Å². The molecule has 1 aromatic rings. The molecule has 78 valence electrons. The Hall–Kier alpha value is -1.32. The largest absolute Gasteiger partial charge is 0.364 e. The van der Waals surface area contributed by atoms with E-state index in [4.69, 9.17) is 5.73 Å². The van der Waals surface area contributed by atoms with E-state index in [0.29, 0.717) is 5.69 Å². The first kappa shape index (κ1) is 10.8. The molecule has 0 unspecified atom stereocenters. The van der Waals surface area contributed by atoms with E-state index in [1.807, 2.05) is 27.7 Å². The first-order chi connectivity index (χ1) is 6.45. The van der Waals surface area contributed by atoms with Gasteiger partial charge in [-0.25, -0.2) is 0 Å². The molecule has 1 rings (SSSR count). The van der Waals surface area contributed by atoms with Crippen molar-refractivity contribution in [1.29, 1.82) is 0 Å². The van der Waals surface area contributed by atoms with Crippen molar-refractivity contribution in [3.63, 3.8) is 0 Å². The number of carbonyl (C=O) groups excluding carboxylic acids is 1. The minimum Gasteiger partial charge on any atom is -0.364 e. The van der Waals surface area contributed by atoms with Crippen molar-refractivity contribution in [2.45, 2.75) is 39.7 Å². The molecule has 2 N–H and O–H groups in total. The highest BCUT2D eigenvalue weighted by molar-refractivity contribution is 5.92. The molecular weight excluding hydrogens is 178 g/mol. The number of aromatic nitrogens is 2. The molecule has 1 amide bonds. The minimum absolute atomic E-state index is 0.157. The van der Waals surface area contributed by atoms with Crippen molar-refractivity contribution >= 4 is 5.91 Å². The summed E-state index contributed by atoms with van der Waals surface area (Å²) >= 11 is 0. The number of primary amides is 1. The summed E-state index contributed by atoms with van der Waals surface area (Å²) in [6.45, 7) is 8.00. The average Bonchev–Trinajstić information content (AvgIpc) is 2.46. The van der Waals surface area contributed by atoms with Crippen molar-refractivity contribution in [2.75, 3.05) is 0 Å². The number of rotatable bonds is 3. The van der Waals surface area contributed by atoms with Gasteiger partial charge in [0, 0.05) is 11.6 Å². The topological polar surface area (TPSA) is 60.9 Å². The summed E-state index contributed by atoms with van der Waals surface area (Å²) in [6, 6.07) is 0.157. The van der Waals surface area contributed by atoms with E-state index in [0.717, 1.165) is 5.56 Å². The van der Waals surface area contributed by atoms with Crippen LogP contribution in [-0.4, -0.2) is 15.7 Å². The van der Waals surface area contributed by atoms with Gasteiger partial charge in [-0.1, -0.05) is 13.8 Å². The predicted molar refractivity (Wildman–Crippen MR) is 55.2 cm³/mol. The maximum absolute atomic E-state index is 11.3. The van der Waals surface area contributed by atoms with Gasteiger partial charge in [0.05, 0.1) is 6.20 Å². The number of hydrogen-bond acceptors (Lipinski definition) is 2. The molecule has 14 heavy (non-hydrogen) atoms. The van der Waals surface area contributed by atoms with Crippen LogP contribution in [-0.2, 0) is 0 Å². The van der Waals surface area contributed by atoms with Crippen LogP contribution in [0.3, 0.4) is 0 Å². The van der Waals surface area contributed by atoms with Gasteiger partial charge in [-0.15, -0.1) is 0 Å². The Morgan fingerprint density at radius 2 is 2.00 bits per heavy atom. The summed E-state index contributed by atoms with van der Waals surface area (Å²) in [5.41, 5.74) is 6.80. The normalized spacial score (nSPS) is 11.3. The fourth-order valence-electron chi connectivity index (χ4n) is 1.44. The van der Waals surface area contributed by atoms with E-state index in [-0.39, 0.29) is 12.0 Å². The molecule has 0 fully saturated rings. The Morgan fingerprint density at radius 3 is 2.36 bits per heavy atom. The van der Waals surface area contributed by atoms with Crippen LogP contribution in [0.5, 0.6) is 0 Å². The quantitative estimate of drug-likeness (QED) is 0.797. The van der Waals surface area contributed by atoms with Crippen LogP contribution in [0.4, 0.5) is 0 Å². The molecule has 0 saturated carbocycles. The van der Waals surface area contributed by atoms with Crippen LogP contribution in [0.15, 0.2) is 6.20 Å². The van der Waals surface area contributed by atoms with E-state index in [1.54, 1.807) is 10.9 Å². The van der Waals surface area contributed by atoms with Gasteiger partial charge in [-0.2, -0.15) is 5.10 Å². The lowest BCUT2D eigenvalue weighted by Gasteiger charge is -2.10. The van der Waals surface area contributed by atoms with Gasteiger partial charge < -0.3 is 5.73 Å². The Kier molecular flexibility index (Phi) is 2.93. The molecular formula is C10H17N3O. The highest BCUT2D eigenvalue weighted by Crippen LogP contribution is 2.21. The molecule has 0 bridgehead atoms. The Balaban J connectivity index is 3.28. The zero-order valence-corrected chi connectivity index (χ0v) is 9.11. The van der Waals surface area contributed by atoms with Crippen LogP contribution in [0.25, 0.3) is 0 Å². The number of nitrogens with zero attached hydrogens (tertiary/aromatic N) is 2. The third kappa shape index (κ3) is 1.78. The Morgan fingerprint density at radius 1 is 1.43 bits per heavy atom. The number of hydrogen-bond donors (Lipinski definition) is 1. The summed E-state index contributed by atoms with van der Waals surface area (Å²) in [6.07, 6.45) is 1.73. The molecule has 0 aliphatic rings. The number of carbonyl (C=O) groups is 1. The standard InChI is InChI=1S/C10H17N3O/c1-6(2)8-5-12-13(7(3)4)9(8)10(11)14/h5-7H,1-4H3,(H2,11,14). The van der Waals surface area contributed by atoms with Crippen molar-refractivity contribution in [3.05, 3.63) is 17.5 Å². The van der Waals surface area contributed by atoms with Gasteiger partial charge >= 0.3 is 0 Å². The van der Waals surface area contributed by atoms with Crippen LogP contribution in [0.2, 0.25) is 0 Å². The molecule has 0 saturated heterocycles. The third-order valence-electron chi connectivity index (χ3n) is 2.17. The van der Waals surface area contributed by atoms with E-state index < -0.39 is 5.91 Å². The van der Waals surface area contributed by atoms with Crippen molar-refractivity contribution < 1.29 is 4.79 Å². The molecule has 0 spiro atoms. The van der Waals surface area contributed by atoms with Gasteiger partial charge in [-0.05, 0) is 19.8 Å². The maximum atomic E-state index is 11.3. The summed E-state index contributed by atoms with van der Waals surface area (Å²) in [7, 11) is 0. The molecule has 0 aliphatic heterocycles. The second-order valence-electron chi connectivity index (χ2n) is 4.01. The third-order valence-corrected chi connectivity index (χ3v) is 2.17.